The number of halogens is 2. The molecule has 2 heterocycles. The van der Waals surface area contributed by atoms with Gasteiger partial charge in [0.15, 0.2) is 11.6 Å². The number of nitrogens with two attached hydrogens (primary N) is 2. The number of nitrogen functional groups attached to an aromatic ring is 1. The lowest BCUT2D eigenvalue weighted by Gasteiger charge is -2.23. The van der Waals surface area contributed by atoms with Crippen LogP contribution in [0.3, 0.4) is 0 Å². The van der Waals surface area contributed by atoms with E-state index in [0.29, 0.717) is 19.4 Å². The average Bonchev–Trinajstić information content (AvgIpc) is 3.50. The maximum absolute atomic E-state index is 15.8. The van der Waals surface area contributed by atoms with Crippen molar-refractivity contribution in [2.45, 2.75) is 38.5 Å². The summed E-state index contributed by atoms with van der Waals surface area (Å²) >= 11 is 0. The number of fused-ring (bicyclic) bond motifs is 2. The Morgan fingerprint density at radius 3 is 2.52 bits per heavy atom. The second kappa shape index (κ2) is 6.78. The number of carboxylic acid groups (broad SMARTS) is 1. The van der Waals surface area contributed by atoms with Gasteiger partial charge in [0.25, 0.3) is 0 Å². The van der Waals surface area contributed by atoms with E-state index < -0.39 is 39.7 Å². The van der Waals surface area contributed by atoms with Gasteiger partial charge >= 0.3 is 5.97 Å². The number of benzene rings is 2. The van der Waals surface area contributed by atoms with E-state index >= 15 is 8.78 Å². The molecule has 0 bridgehead atoms. The lowest BCUT2D eigenvalue weighted by Crippen LogP contribution is -2.24. The molecule has 0 amide bonds. The molecule has 1 aliphatic carbocycles. The van der Waals surface area contributed by atoms with Crippen LogP contribution in [0.1, 0.15) is 45.9 Å². The van der Waals surface area contributed by atoms with E-state index in [4.69, 9.17) is 11.5 Å². The normalized spacial score (nSPS) is 15.5. The summed E-state index contributed by atoms with van der Waals surface area (Å²) in [6, 6.07) is 5.52. The molecule has 0 unspecified atom stereocenters. The third-order valence-electron chi connectivity index (χ3n) is 6.08. The van der Waals surface area contributed by atoms with Crippen molar-refractivity contribution in [1.82, 2.24) is 4.57 Å². The van der Waals surface area contributed by atoms with E-state index in [1.54, 1.807) is 0 Å². The summed E-state index contributed by atoms with van der Waals surface area (Å²) in [6.07, 6.45) is 2.56. The van der Waals surface area contributed by atoms with Gasteiger partial charge in [-0.15, -0.1) is 0 Å². The largest absolute Gasteiger partial charge is 0.477 e. The van der Waals surface area contributed by atoms with E-state index in [0.717, 1.165) is 22.9 Å². The average molecular weight is 426 g/mol. The number of carbonyl (C=O) groups is 1. The summed E-state index contributed by atoms with van der Waals surface area (Å²) in [6.45, 7) is 0.904. The predicted octanol–water partition coefficient (Wildman–Crippen LogP) is 2.87. The van der Waals surface area contributed by atoms with Gasteiger partial charge in [-0.2, -0.15) is 0 Å². The summed E-state index contributed by atoms with van der Waals surface area (Å²) in [5.41, 5.74) is 11.9. The van der Waals surface area contributed by atoms with Crippen LogP contribution >= 0.6 is 0 Å². The molecule has 31 heavy (non-hydrogen) atoms. The zero-order valence-corrected chi connectivity index (χ0v) is 16.5. The van der Waals surface area contributed by atoms with E-state index in [9.17, 15) is 14.7 Å². The maximum Gasteiger partial charge on any atom is 0.341 e. The van der Waals surface area contributed by atoms with Crippen LogP contribution in [0.2, 0.25) is 0 Å². The Morgan fingerprint density at radius 2 is 1.87 bits per heavy atom. The topological polar surface area (TPSA) is 115 Å². The minimum Gasteiger partial charge on any atom is -0.477 e. The number of hydrogen-bond acceptors (Lipinski definition) is 5. The summed E-state index contributed by atoms with van der Waals surface area (Å²) in [7, 11) is 0. The van der Waals surface area contributed by atoms with E-state index in [1.807, 2.05) is 18.2 Å². The Bertz CT molecular complexity index is 1330. The number of aromatic carboxylic acids is 1. The van der Waals surface area contributed by atoms with Gasteiger partial charge in [0.2, 0.25) is 5.43 Å². The number of nitrogens with zero attached hydrogens (tertiary/aromatic N) is 2. The van der Waals surface area contributed by atoms with Crippen LogP contribution < -0.4 is 21.8 Å². The van der Waals surface area contributed by atoms with Gasteiger partial charge in [0, 0.05) is 31.9 Å². The molecule has 1 saturated carbocycles. The molecule has 5 N–H and O–H groups in total. The molecule has 3 aromatic rings. The Labute approximate surface area is 175 Å². The summed E-state index contributed by atoms with van der Waals surface area (Å²) in [5, 5.41) is 8.97. The van der Waals surface area contributed by atoms with Gasteiger partial charge in [0.1, 0.15) is 11.3 Å². The molecular formula is C22H20F2N4O3. The zero-order chi connectivity index (χ0) is 22.0. The minimum absolute atomic E-state index is 0.148. The Hall–Kier alpha value is -3.46. The highest BCUT2D eigenvalue weighted by molar-refractivity contribution is 5.99. The first-order valence-corrected chi connectivity index (χ1v) is 9.96. The van der Waals surface area contributed by atoms with Crippen molar-refractivity contribution in [2.75, 3.05) is 10.6 Å². The third-order valence-corrected chi connectivity index (χ3v) is 6.08. The van der Waals surface area contributed by atoms with Crippen LogP contribution in [-0.2, 0) is 19.6 Å². The van der Waals surface area contributed by atoms with Gasteiger partial charge in [-0.3, -0.25) is 4.79 Å². The lowest BCUT2D eigenvalue weighted by atomic mass is 10.1. The smallest absolute Gasteiger partial charge is 0.341 e. The van der Waals surface area contributed by atoms with Gasteiger partial charge in [-0.25, -0.2) is 13.6 Å². The van der Waals surface area contributed by atoms with Crippen molar-refractivity contribution < 1.29 is 18.7 Å². The number of anilines is 2. The summed E-state index contributed by atoms with van der Waals surface area (Å²) in [5.74, 6) is -3.43. The van der Waals surface area contributed by atoms with E-state index in [-0.39, 0.29) is 30.3 Å². The molecule has 2 aliphatic rings. The molecule has 5 rings (SSSR count). The van der Waals surface area contributed by atoms with Gasteiger partial charge in [0.05, 0.1) is 16.6 Å². The van der Waals surface area contributed by atoms with Gasteiger partial charge in [-0.1, -0.05) is 18.2 Å². The quantitative estimate of drug-likeness (QED) is 0.553. The molecule has 0 spiro atoms. The first kappa shape index (κ1) is 19.5. The highest BCUT2D eigenvalue weighted by Gasteiger charge is 2.34. The second-order valence-corrected chi connectivity index (χ2v) is 8.09. The predicted molar refractivity (Wildman–Crippen MR) is 112 cm³/mol. The van der Waals surface area contributed by atoms with Crippen molar-refractivity contribution in [3.8, 4) is 0 Å². The maximum atomic E-state index is 15.8. The Morgan fingerprint density at radius 1 is 1.16 bits per heavy atom. The summed E-state index contributed by atoms with van der Waals surface area (Å²) < 4.78 is 32.6. The zero-order valence-electron chi connectivity index (χ0n) is 16.5. The Kier molecular flexibility index (Phi) is 4.26. The molecular weight excluding hydrogens is 406 g/mol. The number of pyridine rings is 1. The van der Waals surface area contributed by atoms with Gasteiger partial charge in [-0.05, 0) is 29.5 Å². The van der Waals surface area contributed by atoms with E-state index in [1.165, 1.54) is 9.47 Å². The van der Waals surface area contributed by atoms with Crippen LogP contribution in [0.4, 0.5) is 20.2 Å². The van der Waals surface area contributed by atoms with Crippen molar-refractivity contribution in [3.05, 3.63) is 68.5 Å². The van der Waals surface area contributed by atoms with Crippen LogP contribution in [-0.4, -0.2) is 15.6 Å². The minimum atomic E-state index is -1.46. The standard InChI is InChI=1S/C22H20F2N4O3/c23-16-18(26)15-19(28(13-3-4-13)9-14(21(15)29)22(30)31)17(24)20(16)27-7-11-2-1-10(6-25)5-12(11)8-27/h1-2,5,9,13H,3-4,6-8,25-26H2,(H,30,31). The molecule has 9 heteroatoms. The van der Waals surface area contributed by atoms with Gasteiger partial charge < -0.3 is 26.0 Å². The molecule has 7 nitrogen and oxygen atoms in total. The first-order valence-electron chi connectivity index (χ1n) is 9.96. The fourth-order valence-electron chi connectivity index (χ4n) is 4.36. The fourth-order valence-corrected chi connectivity index (χ4v) is 4.36. The SMILES string of the molecule is NCc1ccc2c(c1)CN(c1c(F)c(N)c3c(=O)c(C(=O)O)cn(C4CC4)c3c1F)C2. The van der Waals surface area contributed by atoms with Crippen molar-refractivity contribution in [1.29, 1.82) is 0 Å². The van der Waals surface area contributed by atoms with Crippen LogP contribution in [0.15, 0.2) is 29.2 Å². The highest BCUT2D eigenvalue weighted by atomic mass is 19.1. The number of hydrogen-bond donors (Lipinski definition) is 3. The van der Waals surface area contributed by atoms with Crippen LogP contribution in [0.25, 0.3) is 10.9 Å². The Balaban J connectivity index is 1.74. The molecule has 0 radical (unpaired) electrons. The number of carboxylic acids is 1. The fraction of sp³-hybridized carbons (Fsp3) is 0.273. The monoisotopic (exact) mass is 426 g/mol. The van der Waals surface area contributed by atoms with E-state index in [2.05, 4.69) is 0 Å². The third kappa shape index (κ3) is 2.88. The number of rotatable bonds is 4. The van der Waals surface area contributed by atoms with Crippen molar-refractivity contribution in [2.24, 2.45) is 5.73 Å². The van der Waals surface area contributed by atoms with Crippen LogP contribution in [0.5, 0.6) is 0 Å². The molecule has 2 aromatic carbocycles. The molecule has 0 atom stereocenters. The summed E-state index contributed by atoms with van der Waals surface area (Å²) in [4.78, 5) is 25.8. The molecule has 1 aliphatic heterocycles. The number of aromatic nitrogens is 1. The lowest BCUT2D eigenvalue weighted by molar-refractivity contribution is 0.0695. The van der Waals surface area contributed by atoms with Crippen LogP contribution in [0, 0.1) is 11.6 Å². The molecule has 1 fully saturated rings. The molecule has 0 saturated heterocycles. The molecule has 160 valence electrons. The van der Waals surface area contributed by atoms with Crippen molar-refractivity contribution >= 4 is 28.2 Å². The highest BCUT2D eigenvalue weighted by Crippen LogP contribution is 2.43. The first-order chi connectivity index (χ1) is 14.8. The van der Waals surface area contributed by atoms with Crippen molar-refractivity contribution in [3.63, 3.8) is 0 Å². The second-order valence-electron chi connectivity index (χ2n) is 8.09. The molecule has 1 aromatic heterocycles.